The van der Waals surface area contributed by atoms with Crippen LogP contribution in [0, 0.1) is 0 Å². The van der Waals surface area contributed by atoms with Crippen LogP contribution < -0.4 is 5.73 Å². The largest absolute Gasteiger partial charge is 0.375 e. The van der Waals surface area contributed by atoms with E-state index in [1.807, 2.05) is 23.6 Å². The first kappa shape index (κ1) is 12.3. The zero-order valence-corrected chi connectivity index (χ0v) is 12.0. The highest BCUT2D eigenvalue weighted by molar-refractivity contribution is 7.19. The van der Waals surface area contributed by atoms with Gasteiger partial charge in [-0.1, -0.05) is 13.0 Å². The number of aryl methyl sites for hydroxylation is 1. The fourth-order valence-electron chi connectivity index (χ4n) is 1.78. The molecule has 0 unspecified atom stereocenters. The van der Waals surface area contributed by atoms with Gasteiger partial charge in [-0.3, -0.25) is 4.98 Å². The van der Waals surface area contributed by atoms with E-state index in [-0.39, 0.29) is 0 Å². The lowest BCUT2D eigenvalue weighted by Gasteiger charge is -1.93. The van der Waals surface area contributed by atoms with Crippen LogP contribution in [0.15, 0.2) is 29.8 Å². The number of hydrogen-bond donors (Lipinski definition) is 1. The molecular formula is C13H12N4S2. The van der Waals surface area contributed by atoms with Crippen LogP contribution >= 0.6 is 22.7 Å². The maximum absolute atomic E-state index is 5.70. The number of nitrogen functional groups attached to an aromatic ring is 1. The maximum Gasteiger partial charge on any atom is 0.180 e. The fraction of sp³-hybridized carbons (Fsp3) is 0.154. The molecule has 0 amide bonds. The van der Waals surface area contributed by atoms with Gasteiger partial charge in [0.25, 0.3) is 0 Å². The molecule has 3 aromatic heterocycles. The molecule has 4 nitrogen and oxygen atoms in total. The van der Waals surface area contributed by atoms with Crippen molar-refractivity contribution in [2.24, 2.45) is 0 Å². The van der Waals surface area contributed by atoms with Gasteiger partial charge in [0.1, 0.15) is 5.01 Å². The second-order valence-corrected chi connectivity index (χ2v) is 5.82. The summed E-state index contributed by atoms with van der Waals surface area (Å²) in [6.07, 6.45) is 2.65. The van der Waals surface area contributed by atoms with E-state index in [1.54, 1.807) is 17.5 Å². The number of pyridine rings is 1. The summed E-state index contributed by atoms with van der Waals surface area (Å²) in [6.45, 7) is 2.09. The molecule has 3 rings (SSSR count). The van der Waals surface area contributed by atoms with Crippen molar-refractivity contribution in [3.8, 4) is 21.3 Å². The summed E-state index contributed by atoms with van der Waals surface area (Å²) in [5.74, 6) is 0. The van der Waals surface area contributed by atoms with Gasteiger partial charge in [-0.25, -0.2) is 9.97 Å². The molecule has 0 saturated carbocycles. The Bertz CT molecular complexity index is 688. The summed E-state index contributed by atoms with van der Waals surface area (Å²) in [5.41, 5.74) is 8.57. The molecule has 6 heteroatoms. The first-order valence-electron chi connectivity index (χ1n) is 5.90. The second-order valence-electron chi connectivity index (χ2n) is 3.93. The Morgan fingerprint density at radius 2 is 2.11 bits per heavy atom. The van der Waals surface area contributed by atoms with E-state index in [0.717, 1.165) is 33.4 Å². The Morgan fingerprint density at radius 1 is 1.21 bits per heavy atom. The van der Waals surface area contributed by atoms with Crippen LogP contribution in [-0.2, 0) is 6.42 Å². The van der Waals surface area contributed by atoms with Crippen LogP contribution in [0.3, 0.4) is 0 Å². The number of thiazole rings is 2. The van der Waals surface area contributed by atoms with Crippen molar-refractivity contribution < 1.29 is 0 Å². The van der Waals surface area contributed by atoms with E-state index in [4.69, 9.17) is 5.73 Å². The van der Waals surface area contributed by atoms with Crippen molar-refractivity contribution in [2.45, 2.75) is 13.3 Å². The molecular weight excluding hydrogens is 276 g/mol. The Labute approximate surface area is 119 Å². The zero-order chi connectivity index (χ0) is 13.2. The molecule has 0 fully saturated rings. The summed E-state index contributed by atoms with van der Waals surface area (Å²) in [6, 6.07) is 5.84. The van der Waals surface area contributed by atoms with Crippen LogP contribution in [-0.4, -0.2) is 15.0 Å². The lowest BCUT2D eigenvalue weighted by atomic mass is 10.2. The van der Waals surface area contributed by atoms with Crippen LogP contribution in [0.4, 0.5) is 5.13 Å². The average Bonchev–Trinajstić information content (AvgIpc) is 3.05. The van der Waals surface area contributed by atoms with Gasteiger partial charge in [0, 0.05) is 11.6 Å². The summed E-state index contributed by atoms with van der Waals surface area (Å²) in [7, 11) is 0. The van der Waals surface area contributed by atoms with Crippen molar-refractivity contribution in [3.63, 3.8) is 0 Å². The molecule has 0 aromatic carbocycles. The van der Waals surface area contributed by atoms with E-state index in [9.17, 15) is 0 Å². The highest BCUT2D eigenvalue weighted by Crippen LogP contribution is 2.35. The highest BCUT2D eigenvalue weighted by atomic mass is 32.1. The first-order chi connectivity index (χ1) is 9.28. The van der Waals surface area contributed by atoms with Crippen molar-refractivity contribution in [1.29, 1.82) is 0 Å². The van der Waals surface area contributed by atoms with Gasteiger partial charge in [-0.2, -0.15) is 0 Å². The normalized spacial score (nSPS) is 10.8. The maximum atomic E-state index is 5.70. The van der Waals surface area contributed by atoms with Gasteiger partial charge in [-0.15, -0.1) is 22.7 Å². The summed E-state index contributed by atoms with van der Waals surface area (Å²) < 4.78 is 0. The second kappa shape index (κ2) is 5.07. The van der Waals surface area contributed by atoms with Crippen molar-refractivity contribution in [3.05, 3.63) is 35.5 Å². The molecule has 0 bridgehead atoms. The van der Waals surface area contributed by atoms with E-state index in [0.29, 0.717) is 5.13 Å². The van der Waals surface area contributed by atoms with Crippen LogP contribution in [0.2, 0.25) is 0 Å². The molecule has 2 N–H and O–H groups in total. The molecule has 0 aliphatic carbocycles. The topological polar surface area (TPSA) is 64.7 Å². The Hall–Kier alpha value is -1.79. The van der Waals surface area contributed by atoms with Crippen molar-refractivity contribution in [1.82, 2.24) is 15.0 Å². The number of nitrogens with two attached hydrogens (primary N) is 1. The van der Waals surface area contributed by atoms with Crippen LogP contribution in [0.25, 0.3) is 21.3 Å². The van der Waals surface area contributed by atoms with E-state index < -0.39 is 0 Å². The fourth-order valence-corrected chi connectivity index (χ4v) is 3.50. The van der Waals surface area contributed by atoms with E-state index in [2.05, 4.69) is 21.9 Å². The molecule has 19 heavy (non-hydrogen) atoms. The molecule has 96 valence electrons. The minimum absolute atomic E-state index is 0.588. The van der Waals surface area contributed by atoms with E-state index >= 15 is 0 Å². The Morgan fingerprint density at radius 3 is 2.74 bits per heavy atom. The standard InChI is InChI=1S/C13H12N4S2/c1-2-8-11(10-7-18-13(14)17-10)19-12(16-8)9-5-3-4-6-15-9/h3-7H,2H2,1H3,(H2,14,17). The quantitative estimate of drug-likeness (QED) is 0.801. The smallest absolute Gasteiger partial charge is 0.180 e. The average molecular weight is 288 g/mol. The van der Waals surface area contributed by atoms with Gasteiger partial charge in [0.05, 0.1) is 22.0 Å². The van der Waals surface area contributed by atoms with Crippen LogP contribution in [0.5, 0.6) is 0 Å². The summed E-state index contributed by atoms with van der Waals surface area (Å²) in [5, 5.41) is 3.49. The summed E-state index contributed by atoms with van der Waals surface area (Å²) >= 11 is 3.07. The Kier molecular flexibility index (Phi) is 3.27. The monoisotopic (exact) mass is 288 g/mol. The third-order valence-corrected chi connectivity index (χ3v) is 4.49. The molecule has 0 saturated heterocycles. The number of nitrogens with zero attached hydrogens (tertiary/aromatic N) is 3. The number of aromatic nitrogens is 3. The number of hydrogen-bond acceptors (Lipinski definition) is 6. The van der Waals surface area contributed by atoms with Gasteiger partial charge in [-0.05, 0) is 18.6 Å². The third-order valence-electron chi connectivity index (χ3n) is 2.67. The lowest BCUT2D eigenvalue weighted by Crippen LogP contribution is -1.86. The zero-order valence-electron chi connectivity index (χ0n) is 10.3. The molecule has 0 aliphatic heterocycles. The molecule has 0 radical (unpaired) electrons. The van der Waals surface area contributed by atoms with Crippen molar-refractivity contribution in [2.75, 3.05) is 5.73 Å². The molecule has 3 heterocycles. The number of anilines is 1. The third kappa shape index (κ3) is 2.36. The van der Waals surface area contributed by atoms with Gasteiger partial charge in [0.15, 0.2) is 5.13 Å². The van der Waals surface area contributed by atoms with Crippen LogP contribution in [0.1, 0.15) is 12.6 Å². The number of rotatable bonds is 3. The minimum atomic E-state index is 0.588. The van der Waals surface area contributed by atoms with Gasteiger partial charge < -0.3 is 5.73 Å². The minimum Gasteiger partial charge on any atom is -0.375 e. The van der Waals surface area contributed by atoms with Gasteiger partial charge >= 0.3 is 0 Å². The summed E-state index contributed by atoms with van der Waals surface area (Å²) in [4.78, 5) is 14.4. The lowest BCUT2D eigenvalue weighted by molar-refractivity contribution is 1.06. The SMILES string of the molecule is CCc1nc(-c2ccccn2)sc1-c1csc(N)n1. The predicted octanol–water partition coefficient (Wildman–Crippen LogP) is 3.47. The highest BCUT2D eigenvalue weighted by Gasteiger charge is 2.15. The first-order valence-corrected chi connectivity index (χ1v) is 7.60. The van der Waals surface area contributed by atoms with Crippen molar-refractivity contribution >= 4 is 27.8 Å². The van der Waals surface area contributed by atoms with Gasteiger partial charge in [0.2, 0.25) is 0 Å². The predicted molar refractivity (Wildman–Crippen MR) is 80.2 cm³/mol. The molecule has 0 atom stereocenters. The molecule has 0 aliphatic rings. The van der Waals surface area contributed by atoms with E-state index in [1.165, 1.54) is 11.3 Å². The molecule has 3 aromatic rings. The Balaban J connectivity index is 2.09. The molecule has 0 spiro atoms.